The summed E-state index contributed by atoms with van der Waals surface area (Å²) in [5.41, 5.74) is 0.176. The molecule has 2 N–H and O–H groups in total. The minimum Gasteiger partial charge on any atom is -0.507 e. The molecule has 0 aromatic carbocycles. The first kappa shape index (κ1) is 19.9. The molecule has 2 aliphatic heterocycles. The van der Waals surface area contributed by atoms with E-state index in [4.69, 9.17) is 4.74 Å². The second kappa shape index (κ2) is 7.26. The Morgan fingerprint density at radius 1 is 1.19 bits per heavy atom. The first-order chi connectivity index (χ1) is 14.9. The lowest BCUT2D eigenvalue weighted by Crippen LogP contribution is -2.71. The summed E-state index contributed by atoms with van der Waals surface area (Å²) in [5.74, 6) is 0.836. The Morgan fingerprint density at radius 3 is 2.77 bits per heavy atom. The minimum absolute atomic E-state index is 0.0255. The third kappa shape index (κ3) is 3.63. The van der Waals surface area contributed by atoms with Crippen molar-refractivity contribution in [1.29, 1.82) is 0 Å². The van der Waals surface area contributed by atoms with Gasteiger partial charge in [0.2, 0.25) is 5.88 Å². The summed E-state index contributed by atoms with van der Waals surface area (Å²) in [6, 6.07) is 1.53. The Labute approximate surface area is 179 Å². The molecule has 3 aromatic rings. The van der Waals surface area contributed by atoms with E-state index >= 15 is 4.39 Å². The fraction of sp³-hybridized carbons (Fsp3) is 0.455. The predicted molar refractivity (Wildman–Crippen MR) is 112 cm³/mol. The fourth-order valence-corrected chi connectivity index (χ4v) is 4.92. The van der Waals surface area contributed by atoms with Gasteiger partial charge in [0, 0.05) is 36.6 Å². The van der Waals surface area contributed by atoms with Crippen LogP contribution in [-0.2, 0) is 0 Å². The van der Waals surface area contributed by atoms with E-state index in [0.29, 0.717) is 23.5 Å². The summed E-state index contributed by atoms with van der Waals surface area (Å²) in [5, 5.41) is 13.9. The first-order valence-corrected chi connectivity index (χ1v) is 10.5. The molecule has 9 heteroatoms. The molecule has 0 spiro atoms. The number of ether oxygens (including phenoxy) is 1. The summed E-state index contributed by atoms with van der Waals surface area (Å²) in [7, 11) is 0. The van der Waals surface area contributed by atoms with Gasteiger partial charge in [0.15, 0.2) is 6.17 Å². The lowest BCUT2D eigenvalue weighted by molar-refractivity contribution is -0.0625. The van der Waals surface area contributed by atoms with Crippen molar-refractivity contribution in [3.63, 3.8) is 0 Å². The topological polar surface area (TPSA) is 98.0 Å². The quantitative estimate of drug-likeness (QED) is 0.664. The highest BCUT2D eigenvalue weighted by molar-refractivity contribution is 5.66. The molecular formula is C22H25FN6O2. The number of aromatic hydroxyl groups is 1. The highest BCUT2D eigenvalue weighted by atomic mass is 19.1. The average molecular weight is 424 g/mol. The van der Waals surface area contributed by atoms with Gasteiger partial charge in [0.05, 0.1) is 29.2 Å². The molecule has 0 saturated carbocycles. The Kier molecular flexibility index (Phi) is 4.65. The molecule has 0 amide bonds. The molecule has 5 heterocycles. The van der Waals surface area contributed by atoms with Gasteiger partial charge in [0.25, 0.3) is 0 Å². The first-order valence-electron chi connectivity index (χ1n) is 10.5. The molecular weight excluding hydrogens is 399 g/mol. The Bertz CT molecular complexity index is 1080. The predicted octanol–water partition coefficient (Wildman–Crippen LogP) is 3.21. The van der Waals surface area contributed by atoms with Crippen LogP contribution in [0, 0.1) is 0 Å². The van der Waals surface area contributed by atoms with E-state index in [1.807, 2.05) is 6.92 Å². The summed E-state index contributed by atoms with van der Waals surface area (Å²) in [4.78, 5) is 17.0. The van der Waals surface area contributed by atoms with Crippen molar-refractivity contribution in [2.75, 3.05) is 0 Å². The number of piperidine rings is 2. The number of alkyl halides is 1. The van der Waals surface area contributed by atoms with Gasteiger partial charge >= 0.3 is 0 Å². The van der Waals surface area contributed by atoms with E-state index in [9.17, 15) is 5.11 Å². The van der Waals surface area contributed by atoms with E-state index < -0.39 is 17.8 Å². The van der Waals surface area contributed by atoms with Crippen molar-refractivity contribution in [2.24, 2.45) is 0 Å². The number of pyridine rings is 1. The molecule has 2 fully saturated rings. The normalized spacial score (nSPS) is 30.2. The van der Waals surface area contributed by atoms with E-state index in [0.717, 1.165) is 19.3 Å². The molecule has 4 atom stereocenters. The van der Waals surface area contributed by atoms with Crippen molar-refractivity contribution in [3.8, 4) is 28.7 Å². The fourth-order valence-electron chi connectivity index (χ4n) is 4.92. The van der Waals surface area contributed by atoms with Crippen molar-refractivity contribution in [2.45, 2.75) is 62.9 Å². The van der Waals surface area contributed by atoms with Gasteiger partial charge in [-0.15, -0.1) is 0 Å². The van der Waals surface area contributed by atoms with Crippen LogP contribution in [0.25, 0.3) is 17.1 Å². The van der Waals surface area contributed by atoms with E-state index in [2.05, 4.69) is 32.2 Å². The Morgan fingerprint density at radius 2 is 2.06 bits per heavy atom. The summed E-state index contributed by atoms with van der Waals surface area (Å²) < 4.78 is 22.9. The third-order valence-electron chi connectivity index (χ3n) is 6.41. The van der Waals surface area contributed by atoms with Gasteiger partial charge in [-0.1, -0.05) is 0 Å². The third-order valence-corrected chi connectivity index (χ3v) is 6.41. The molecule has 0 unspecified atom stereocenters. The number of hydrogen-bond donors (Lipinski definition) is 2. The molecule has 31 heavy (non-hydrogen) atoms. The second-order valence-corrected chi connectivity index (χ2v) is 8.99. The largest absolute Gasteiger partial charge is 0.507 e. The molecule has 162 valence electrons. The van der Waals surface area contributed by atoms with Crippen molar-refractivity contribution >= 4 is 0 Å². The number of halogens is 1. The van der Waals surface area contributed by atoms with Crippen molar-refractivity contribution in [3.05, 3.63) is 43.4 Å². The van der Waals surface area contributed by atoms with Crippen LogP contribution in [0.15, 0.2) is 43.4 Å². The molecule has 3 aromatic heterocycles. The number of aromatic nitrogens is 5. The lowest BCUT2D eigenvalue weighted by Gasteiger charge is -2.54. The summed E-state index contributed by atoms with van der Waals surface area (Å²) in [6.07, 6.45) is 11.1. The molecule has 5 rings (SSSR count). The Balaban J connectivity index is 1.34. The van der Waals surface area contributed by atoms with Gasteiger partial charge in [-0.2, -0.15) is 0 Å². The van der Waals surface area contributed by atoms with Gasteiger partial charge in [-0.25, -0.2) is 24.3 Å². The molecule has 2 bridgehead atoms. The number of imidazole rings is 1. The monoisotopic (exact) mass is 424 g/mol. The molecule has 2 saturated heterocycles. The maximum absolute atomic E-state index is 15.2. The summed E-state index contributed by atoms with van der Waals surface area (Å²) >= 11 is 0. The number of rotatable bonds is 4. The van der Waals surface area contributed by atoms with Crippen LogP contribution in [0.1, 0.15) is 39.5 Å². The standard InChI is InChI=1S/C22H25FN6O2/c1-21-4-3-5-22(2,28-21)20(23)17(9-21)31-19-12-25-15(11-27-19)14-10-26-18(8-16(14)30)29-7-6-24-13-29/h6-8,10-13,17,20,28H,3-5,9H2,1-2H3,(H,26,30)/t17-,20+,21-,22+/m1/s1. The van der Waals surface area contributed by atoms with Crippen LogP contribution in [-0.4, -0.2) is 53.0 Å². The van der Waals surface area contributed by atoms with Crippen LogP contribution in [0.4, 0.5) is 4.39 Å². The van der Waals surface area contributed by atoms with Crippen LogP contribution >= 0.6 is 0 Å². The number of nitrogens with one attached hydrogen (secondary N) is 1. The van der Waals surface area contributed by atoms with Crippen LogP contribution in [0.3, 0.4) is 0 Å². The zero-order valence-electron chi connectivity index (χ0n) is 17.5. The van der Waals surface area contributed by atoms with Gasteiger partial charge in [-0.05, 0) is 33.1 Å². The van der Waals surface area contributed by atoms with Gasteiger partial charge in [-0.3, -0.25) is 4.57 Å². The highest BCUT2D eigenvalue weighted by Crippen LogP contribution is 2.42. The second-order valence-electron chi connectivity index (χ2n) is 8.99. The smallest absolute Gasteiger partial charge is 0.232 e. The SMILES string of the molecule is C[C@]12CCC[C@](C)(N1)[C@@H](F)[C@H](Oc1cnc(-c3cnc(-n4ccnc4)cc3O)cn1)C2. The van der Waals surface area contributed by atoms with Crippen LogP contribution in [0.2, 0.25) is 0 Å². The molecule has 0 aliphatic carbocycles. The number of nitrogens with zero attached hydrogens (tertiary/aromatic N) is 5. The maximum Gasteiger partial charge on any atom is 0.232 e. The van der Waals surface area contributed by atoms with E-state index in [1.165, 1.54) is 24.7 Å². The minimum atomic E-state index is -1.13. The van der Waals surface area contributed by atoms with Crippen molar-refractivity contribution < 1.29 is 14.2 Å². The van der Waals surface area contributed by atoms with Gasteiger partial charge < -0.3 is 15.2 Å². The molecule has 8 nitrogen and oxygen atoms in total. The van der Waals surface area contributed by atoms with Gasteiger partial charge in [0.1, 0.15) is 24.0 Å². The molecule has 0 radical (unpaired) electrons. The number of fused-ring (bicyclic) bond motifs is 2. The number of hydrogen-bond acceptors (Lipinski definition) is 7. The summed E-state index contributed by atoms with van der Waals surface area (Å²) in [6.45, 7) is 4.06. The average Bonchev–Trinajstić information content (AvgIpc) is 3.27. The van der Waals surface area contributed by atoms with Crippen LogP contribution in [0.5, 0.6) is 11.6 Å². The zero-order valence-corrected chi connectivity index (χ0v) is 17.5. The lowest BCUT2D eigenvalue weighted by atomic mass is 9.69. The Hall–Kier alpha value is -3.07. The highest BCUT2D eigenvalue weighted by Gasteiger charge is 2.53. The maximum atomic E-state index is 15.2. The van der Waals surface area contributed by atoms with Crippen LogP contribution < -0.4 is 10.1 Å². The van der Waals surface area contributed by atoms with E-state index in [1.54, 1.807) is 23.3 Å². The zero-order chi connectivity index (χ0) is 21.6. The van der Waals surface area contributed by atoms with E-state index in [-0.39, 0.29) is 17.2 Å². The molecule has 2 aliphatic rings. The van der Waals surface area contributed by atoms with Crippen molar-refractivity contribution in [1.82, 2.24) is 29.8 Å².